The molecule has 3 N–H and O–H groups in total. The Labute approximate surface area is 139 Å². The Balaban J connectivity index is 1.78. The minimum absolute atomic E-state index is 0.00300. The minimum atomic E-state index is -0.449. The third kappa shape index (κ3) is 1.82. The van der Waals surface area contributed by atoms with Crippen molar-refractivity contribution in [2.45, 2.75) is 71.0 Å². The first-order valence-corrected chi connectivity index (χ1v) is 9.44. The summed E-state index contributed by atoms with van der Waals surface area (Å²) in [6.45, 7) is 9.03. The van der Waals surface area contributed by atoms with Crippen molar-refractivity contribution in [3.8, 4) is 0 Å². The van der Waals surface area contributed by atoms with Crippen LogP contribution in [0.15, 0.2) is 12.2 Å². The van der Waals surface area contributed by atoms with Crippen LogP contribution in [-0.2, 0) is 0 Å². The maximum absolute atomic E-state index is 11.0. The van der Waals surface area contributed by atoms with Gasteiger partial charge in [-0.1, -0.05) is 26.8 Å². The molecule has 4 fully saturated rings. The molecular formula is C20H32O3. The fourth-order valence-electron chi connectivity index (χ4n) is 7.63. The van der Waals surface area contributed by atoms with Crippen molar-refractivity contribution in [2.24, 2.45) is 34.0 Å². The molecule has 23 heavy (non-hydrogen) atoms. The van der Waals surface area contributed by atoms with Gasteiger partial charge in [-0.05, 0) is 66.8 Å². The molecule has 0 saturated heterocycles. The van der Waals surface area contributed by atoms with Crippen molar-refractivity contribution in [1.82, 2.24) is 0 Å². The zero-order chi connectivity index (χ0) is 16.6. The Kier molecular flexibility index (Phi) is 3.38. The van der Waals surface area contributed by atoms with Crippen LogP contribution in [0.5, 0.6) is 0 Å². The van der Waals surface area contributed by atoms with E-state index in [1.54, 1.807) is 0 Å². The summed E-state index contributed by atoms with van der Waals surface area (Å²) in [6.07, 6.45) is 6.44. The molecule has 0 aromatic carbocycles. The lowest BCUT2D eigenvalue weighted by Crippen LogP contribution is -2.60. The van der Waals surface area contributed by atoms with E-state index in [-0.39, 0.29) is 34.9 Å². The molecule has 0 heterocycles. The normalized spacial score (nSPS) is 58.7. The highest BCUT2D eigenvalue weighted by molar-refractivity contribution is 5.29. The van der Waals surface area contributed by atoms with E-state index in [4.69, 9.17) is 0 Å². The topological polar surface area (TPSA) is 60.7 Å². The van der Waals surface area contributed by atoms with E-state index in [9.17, 15) is 15.3 Å². The van der Waals surface area contributed by atoms with Gasteiger partial charge in [0.2, 0.25) is 0 Å². The van der Waals surface area contributed by atoms with E-state index in [0.29, 0.717) is 11.8 Å². The highest BCUT2D eigenvalue weighted by Crippen LogP contribution is 2.71. The second kappa shape index (κ2) is 4.83. The SMILES string of the molecule is C=C1[C@H]2C[C@@]3(CC[C@@H]4[C@@](C)(CO)CCC[C@@]4(C)[C@@H]3C[C@@H]2O)[C@@H]1O. The summed E-state index contributed by atoms with van der Waals surface area (Å²) in [5.74, 6) is 0.934. The predicted octanol–water partition coefficient (Wildman–Crippen LogP) is 2.89. The molecule has 0 radical (unpaired) electrons. The first kappa shape index (κ1) is 16.1. The molecular weight excluding hydrogens is 288 g/mol. The van der Waals surface area contributed by atoms with Crippen LogP contribution >= 0.6 is 0 Å². The first-order valence-electron chi connectivity index (χ1n) is 9.44. The second-order valence-electron chi connectivity index (χ2n) is 9.64. The van der Waals surface area contributed by atoms with Crippen molar-refractivity contribution in [3.05, 3.63) is 12.2 Å². The van der Waals surface area contributed by atoms with Gasteiger partial charge in [-0.25, -0.2) is 0 Å². The molecule has 1 spiro atoms. The quantitative estimate of drug-likeness (QED) is 0.651. The fourth-order valence-corrected chi connectivity index (χ4v) is 7.63. The van der Waals surface area contributed by atoms with Gasteiger partial charge in [-0.15, -0.1) is 0 Å². The number of hydrogen-bond donors (Lipinski definition) is 3. The zero-order valence-electron chi connectivity index (χ0n) is 14.6. The van der Waals surface area contributed by atoms with Crippen molar-refractivity contribution >= 4 is 0 Å². The van der Waals surface area contributed by atoms with Gasteiger partial charge < -0.3 is 15.3 Å². The number of hydrogen-bond acceptors (Lipinski definition) is 3. The third-order valence-corrected chi connectivity index (χ3v) is 8.76. The van der Waals surface area contributed by atoms with Gasteiger partial charge >= 0.3 is 0 Å². The lowest BCUT2D eigenvalue weighted by atomic mass is 9.40. The highest BCUT2D eigenvalue weighted by Gasteiger charge is 2.68. The average molecular weight is 320 g/mol. The number of rotatable bonds is 1. The molecule has 0 unspecified atom stereocenters. The van der Waals surface area contributed by atoms with E-state index in [0.717, 1.165) is 50.5 Å². The molecule has 130 valence electrons. The van der Waals surface area contributed by atoms with Crippen molar-refractivity contribution in [2.75, 3.05) is 6.61 Å². The molecule has 4 aliphatic rings. The zero-order valence-corrected chi connectivity index (χ0v) is 14.6. The third-order valence-electron chi connectivity index (χ3n) is 8.76. The van der Waals surface area contributed by atoms with Crippen LogP contribution in [0.3, 0.4) is 0 Å². The molecule has 4 rings (SSSR count). The van der Waals surface area contributed by atoms with Crippen LogP contribution in [0.25, 0.3) is 0 Å². The predicted molar refractivity (Wildman–Crippen MR) is 89.7 cm³/mol. The van der Waals surface area contributed by atoms with E-state index in [1.807, 2.05) is 0 Å². The van der Waals surface area contributed by atoms with Crippen molar-refractivity contribution < 1.29 is 15.3 Å². The fraction of sp³-hybridized carbons (Fsp3) is 0.900. The van der Waals surface area contributed by atoms with E-state index in [2.05, 4.69) is 20.4 Å². The molecule has 2 bridgehead atoms. The van der Waals surface area contributed by atoms with Gasteiger partial charge in [-0.2, -0.15) is 0 Å². The maximum Gasteiger partial charge on any atom is 0.0810 e. The highest BCUT2D eigenvalue weighted by atomic mass is 16.3. The number of aliphatic hydroxyl groups is 3. The summed E-state index contributed by atoms with van der Waals surface area (Å²) in [7, 11) is 0. The van der Waals surface area contributed by atoms with Gasteiger partial charge in [-0.3, -0.25) is 0 Å². The molecule has 4 aliphatic carbocycles. The number of fused-ring (bicyclic) bond motifs is 3. The summed E-state index contributed by atoms with van der Waals surface area (Å²) in [5.41, 5.74) is 0.922. The Hall–Kier alpha value is -0.380. The maximum atomic E-state index is 11.0. The molecule has 0 amide bonds. The summed E-state index contributed by atoms with van der Waals surface area (Å²) < 4.78 is 0. The lowest BCUT2D eigenvalue weighted by Gasteiger charge is -2.64. The van der Waals surface area contributed by atoms with E-state index in [1.165, 1.54) is 0 Å². The Bertz CT molecular complexity index is 531. The second-order valence-corrected chi connectivity index (χ2v) is 9.64. The molecule has 8 atom stereocenters. The van der Waals surface area contributed by atoms with Gasteiger partial charge in [0, 0.05) is 17.9 Å². The van der Waals surface area contributed by atoms with Crippen LogP contribution in [0.1, 0.15) is 58.8 Å². The van der Waals surface area contributed by atoms with Crippen LogP contribution in [0.2, 0.25) is 0 Å². The van der Waals surface area contributed by atoms with Crippen molar-refractivity contribution in [3.63, 3.8) is 0 Å². The summed E-state index contributed by atoms with van der Waals surface area (Å²) in [6, 6.07) is 0. The van der Waals surface area contributed by atoms with E-state index >= 15 is 0 Å². The lowest BCUT2D eigenvalue weighted by molar-refractivity contribution is -0.190. The molecule has 0 aromatic heterocycles. The van der Waals surface area contributed by atoms with Gasteiger partial charge in [0.05, 0.1) is 12.2 Å². The largest absolute Gasteiger partial charge is 0.396 e. The minimum Gasteiger partial charge on any atom is -0.396 e. The average Bonchev–Trinajstić information content (AvgIpc) is 2.73. The van der Waals surface area contributed by atoms with Crippen LogP contribution in [0.4, 0.5) is 0 Å². The van der Waals surface area contributed by atoms with Gasteiger partial charge in [0.15, 0.2) is 0 Å². The van der Waals surface area contributed by atoms with Gasteiger partial charge in [0.1, 0.15) is 0 Å². The standard InChI is InChI=1S/C20H32O3/c1-12-13-10-20(17(12)23)8-5-15-18(2,11-21)6-4-7-19(15,3)16(20)9-14(13)22/h13-17,21-23H,1,4-11H2,2-3H3/t13-,14+,15-,16+,17-,18-,19-,20-/m1/s1. The van der Waals surface area contributed by atoms with Crippen LogP contribution < -0.4 is 0 Å². The number of aliphatic hydroxyl groups excluding tert-OH is 3. The van der Waals surface area contributed by atoms with Gasteiger partial charge in [0.25, 0.3) is 0 Å². The molecule has 3 heteroatoms. The summed E-state index contributed by atoms with van der Waals surface area (Å²) >= 11 is 0. The van der Waals surface area contributed by atoms with E-state index < -0.39 is 6.10 Å². The first-order chi connectivity index (χ1) is 10.8. The molecule has 0 aromatic rings. The monoisotopic (exact) mass is 320 g/mol. The molecule has 3 nitrogen and oxygen atoms in total. The Morgan fingerprint density at radius 3 is 2.57 bits per heavy atom. The van der Waals surface area contributed by atoms with Crippen LogP contribution in [0, 0.1) is 34.0 Å². The molecule has 0 aliphatic heterocycles. The van der Waals surface area contributed by atoms with Crippen molar-refractivity contribution in [1.29, 1.82) is 0 Å². The van der Waals surface area contributed by atoms with Crippen LogP contribution in [-0.4, -0.2) is 34.1 Å². The summed E-state index contributed by atoms with van der Waals surface area (Å²) in [4.78, 5) is 0. The Morgan fingerprint density at radius 2 is 1.87 bits per heavy atom. The Morgan fingerprint density at radius 1 is 1.13 bits per heavy atom. The molecule has 4 saturated carbocycles. The summed E-state index contributed by atoms with van der Waals surface area (Å²) in [5, 5.41) is 31.8. The smallest absolute Gasteiger partial charge is 0.0810 e.